The number of hydrogen-bond donors (Lipinski definition) is 3. The van der Waals surface area contributed by atoms with Crippen LogP contribution in [0.5, 0.6) is 0 Å². The van der Waals surface area contributed by atoms with Crippen LogP contribution in [-0.2, 0) is 0 Å². The molecular weight excluding hydrogens is 150 g/mol. The monoisotopic (exact) mass is 155 g/mol. The summed E-state index contributed by atoms with van der Waals surface area (Å²) in [5.74, 6) is -1.33. The lowest BCUT2D eigenvalue weighted by Crippen LogP contribution is -2.20. The van der Waals surface area contributed by atoms with Crippen molar-refractivity contribution in [1.29, 1.82) is 0 Å². The summed E-state index contributed by atoms with van der Waals surface area (Å²) in [6.07, 6.45) is 1.07. The number of H-pyrrole nitrogens is 1. The Hall–Kier alpha value is -1.85. The Balaban J connectivity index is 3.32. The number of aromatic amines is 1. The highest BCUT2D eigenvalue weighted by Crippen LogP contribution is 1.88. The van der Waals surface area contributed by atoms with Crippen molar-refractivity contribution in [2.45, 2.75) is 0 Å². The summed E-state index contributed by atoms with van der Waals surface area (Å²) in [6.45, 7) is 0. The molecule has 0 aliphatic rings. The van der Waals surface area contributed by atoms with Crippen LogP contribution >= 0.6 is 0 Å². The third-order valence-electron chi connectivity index (χ3n) is 1.01. The van der Waals surface area contributed by atoms with Gasteiger partial charge >= 0.3 is 5.97 Å². The molecule has 0 saturated heterocycles. The molecule has 11 heavy (non-hydrogen) atoms. The number of nitrogens with zero attached hydrogens (tertiary/aromatic N) is 1. The number of rotatable bonds is 1. The lowest BCUT2D eigenvalue weighted by Gasteiger charge is -1.92. The molecule has 6 heteroatoms. The maximum atomic E-state index is 10.7. The van der Waals surface area contributed by atoms with Crippen molar-refractivity contribution in [3.8, 4) is 0 Å². The molecule has 0 spiro atoms. The molecule has 0 saturated carbocycles. The van der Waals surface area contributed by atoms with Gasteiger partial charge in [-0.05, 0) is 0 Å². The van der Waals surface area contributed by atoms with Gasteiger partial charge in [-0.15, -0.1) is 0 Å². The summed E-state index contributed by atoms with van der Waals surface area (Å²) >= 11 is 0. The van der Waals surface area contributed by atoms with Gasteiger partial charge in [0, 0.05) is 0 Å². The standard InChI is InChI=1S/C5H5N3O3/c6-2-1-7-3(5(10)11)4(9)8-2/h1H,(H,10,11)(H3,6,8,9). The molecule has 1 heterocycles. The number of anilines is 1. The summed E-state index contributed by atoms with van der Waals surface area (Å²) in [7, 11) is 0. The maximum absolute atomic E-state index is 10.7. The van der Waals surface area contributed by atoms with E-state index < -0.39 is 17.2 Å². The molecule has 0 aliphatic carbocycles. The van der Waals surface area contributed by atoms with E-state index in [-0.39, 0.29) is 5.82 Å². The minimum absolute atomic E-state index is 0.0417. The van der Waals surface area contributed by atoms with Crippen LogP contribution in [-0.4, -0.2) is 21.0 Å². The fourth-order valence-electron chi connectivity index (χ4n) is 0.568. The van der Waals surface area contributed by atoms with Crippen molar-refractivity contribution in [3.63, 3.8) is 0 Å². The number of aromatic nitrogens is 2. The number of carbonyl (C=O) groups is 1. The van der Waals surface area contributed by atoms with Crippen LogP contribution in [0.1, 0.15) is 10.5 Å². The zero-order chi connectivity index (χ0) is 8.43. The quantitative estimate of drug-likeness (QED) is 0.484. The summed E-state index contributed by atoms with van der Waals surface area (Å²) < 4.78 is 0. The molecule has 0 amide bonds. The number of nitrogens with two attached hydrogens (primary N) is 1. The smallest absolute Gasteiger partial charge is 0.360 e. The van der Waals surface area contributed by atoms with Crippen molar-refractivity contribution in [1.82, 2.24) is 9.97 Å². The van der Waals surface area contributed by atoms with Gasteiger partial charge in [0.2, 0.25) is 5.69 Å². The van der Waals surface area contributed by atoms with Gasteiger partial charge in [0.05, 0.1) is 6.20 Å². The molecule has 0 bridgehead atoms. The molecule has 1 rings (SSSR count). The molecule has 0 atom stereocenters. The first kappa shape index (κ1) is 7.26. The van der Waals surface area contributed by atoms with Gasteiger partial charge in [0.25, 0.3) is 5.56 Å². The van der Waals surface area contributed by atoms with Crippen LogP contribution in [0.25, 0.3) is 0 Å². The van der Waals surface area contributed by atoms with Gasteiger partial charge in [0.15, 0.2) is 0 Å². The van der Waals surface area contributed by atoms with E-state index in [1.807, 2.05) is 0 Å². The van der Waals surface area contributed by atoms with Crippen LogP contribution in [0.2, 0.25) is 0 Å². The third-order valence-corrected chi connectivity index (χ3v) is 1.01. The van der Waals surface area contributed by atoms with E-state index in [4.69, 9.17) is 10.8 Å². The molecule has 1 aromatic heterocycles. The summed E-state index contributed by atoms with van der Waals surface area (Å²) in [6, 6.07) is 0. The third kappa shape index (κ3) is 1.34. The van der Waals surface area contributed by atoms with Crippen LogP contribution in [0.4, 0.5) is 5.82 Å². The normalized spacial score (nSPS) is 9.45. The molecule has 6 nitrogen and oxygen atoms in total. The number of nitrogen functional groups attached to an aromatic ring is 1. The zero-order valence-corrected chi connectivity index (χ0v) is 5.37. The second kappa shape index (κ2) is 2.41. The van der Waals surface area contributed by atoms with Gasteiger partial charge in [0.1, 0.15) is 5.82 Å². The number of aromatic carboxylic acids is 1. The van der Waals surface area contributed by atoms with Crippen molar-refractivity contribution in [2.75, 3.05) is 5.73 Å². The van der Waals surface area contributed by atoms with Crippen molar-refractivity contribution in [3.05, 3.63) is 22.2 Å². The molecule has 0 fully saturated rings. The second-order valence-corrected chi connectivity index (χ2v) is 1.82. The van der Waals surface area contributed by atoms with Gasteiger partial charge in [-0.2, -0.15) is 0 Å². The van der Waals surface area contributed by atoms with E-state index in [9.17, 15) is 9.59 Å². The second-order valence-electron chi connectivity index (χ2n) is 1.82. The van der Waals surface area contributed by atoms with E-state index in [1.54, 1.807) is 0 Å². The number of nitrogens with one attached hydrogen (secondary N) is 1. The van der Waals surface area contributed by atoms with Crippen LogP contribution in [0.15, 0.2) is 11.0 Å². The SMILES string of the molecule is Nc1cnc(C(=O)O)c(=O)[nH]1. The predicted molar refractivity (Wildman–Crippen MR) is 36.2 cm³/mol. The average molecular weight is 155 g/mol. The highest BCUT2D eigenvalue weighted by molar-refractivity contribution is 5.84. The van der Waals surface area contributed by atoms with E-state index in [0.717, 1.165) is 6.20 Å². The van der Waals surface area contributed by atoms with E-state index in [1.165, 1.54) is 0 Å². The van der Waals surface area contributed by atoms with Gasteiger partial charge in [-0.3, -0.25) is 4.79 Å². The van der Waals surface area contributed by atoms with Gasteiger partial charge in [-0.25, -0.2) is 9.78 Å². The fraction of sp³-hybridized carbons (Fsp3) is 0. The molecular formula is C5H5N3O3. The van der Waals surface area contributed by atoms with E-state index in [2.05, 4.69) is 9.97 Å². The fourth-order valence-corrected chi connectivity index (χ4v) is 0.568. The Bertz CT molecular complexity index is 343. The number of carboxylic acids is 1. The highest BCUT2D eigenvalue weighted by Gasteiger charge is 2.08. The largest absolute Gasteiger partial charge is 0.476 e. The average Bonchev–Trinajstić information content (AvgIpc) is 1.85. The first-order valence-electron chi connectivity index (χ1n) is 2.69. The molecule has 1 aromatic rings. The lowest BCUT2D eigenvalue weighted by molar-refractivity contribution is 0.0688. The number of hydrogen-bond acceptors (Lipinski definition) is 4. The minimum Gasteiger partial charge on any atom is -0.476 e. The molecule has 0 aromatic carbocycles. The summed E-state index contributed by atoms with van der Waals surface area (Å²) in [5.41, 5.74) is 3.77. The molecule has 0 aliphatic heterocycles. The Morgan fingerprint density at radius 1 is 1.73 bits per heavy atom. The maximum Gasteiger partial charge on any atom is 0.360 e. The molecule has 0 unspecified atom stereocenters. The van der Waals surface area contributed by atoms with Crippen molar-refractivity contribution >= 4 is 11.8 Å². The molecule has 4 N–H and O–H groups in total. The Morgan fingerprint density at radius 2 is 2.36 bits per heavy atom. The van der Waals surface area contributed by atoms with Gasteiger partial charge < -0.3 is 15.8 Å². The summed E-state index contributed by atoms with van der Waals surface area (Å²) in [5, 5.41) is 8.33. The van der Waals surface area contributed by atoms with Crippen LogP contribution in [0, 0.1) is 0 Å². The van der Waals surface area contributed by atoms with Crippen LogP contribution in [0.3, 0.4) is 0 Å². The number of carboxylic acid groups (broad SMARTS) is 1. The molecule has 0 radical (unpaired) electrons. The zero-order valence-electron chi connectivity index (χ0n) is 5.37. The van der Waals surface area contributed by atoms with Crippen molar-refractivity contribution in [2.24, 2.45) is 0 Å². The Kier molecular flexibility index (Phi) is 1.59. The van der Waals surface area contributed by atoms with E-state index in [0.29, 0.717) is 0 Å². The molecule has 58 valence electrons. The highest BCUT2D eigenvalue weighted by atomic mass is 16.4. The Morgan fingerprint density at radius 3 is 2.82 bits per heavy atom. The van der Waals surface area contributed by atoms with Gasteiger partial charge in [-0.1, -0.05) is 0 Å². The van der Waals surface area contributed by atoms with Crippen molar-refractivity contribution < 1.29 is 9.90 Å². The first-order valence-corrected chi connectivity index (χ1v) is 2.69. The predicted octanol–water partition coefficient (Wildman–Crippen LogP) is -0.950. The van der Waals surface area contributed by atoms with E-state index >= 15 is 0 Å². The topological polar surface area (TPSA) is 109 Å². The lowest BCUT2D eigenvalue weighted by atomic mass is 10.4. The van der Waals surface area contributed by atoms with Crippen LogP contribution < -0.4 is 11.3 Å². The summed E-state index contributed by atoms with van der Waals surface area (Å²) in [4.78, 5) is 26.3. The Labute approximate surface area is 60.7 Å². The first-order chi connectivity index (χ1) is 5.11. The minimum atomic E-state index is -1.37.